The number of Topliss-reactive ketones (excluding diaryl/α,β-unsaturated/α-hetero) is 1. The van der Waals surface area contributed by atoms with Crippen molar-refractivity contribution in [3.05, 3.63) is 34.9 Å². The smallest absolute Gasteiger partial charge is 0.170 e. The quantitative estimate of drug-likeness (QED) is 0.801. The zero-order chi connectivity index (χ0) is 11.5. The second kappa shape index (κ2) is 4.77. The molecule has 1 unspecified atom stereocenters. The van der Waals surface area contributed by atoms with Crippen LogP contribution in [0.1, 0.15) is 30.6 Å². The fourth-order valence-corrected chi connectivity index (χ4v) is 1.57. The van der Waals surface area contributed by atoms with Crippen molar-refractivity contribution in [2.75, 3.05) is 6.54 Å². The van der Waals surface area contributed by atoms with Crippen molar-refractivity contribution < 1.29 is 4.79 Å². The first-order valence-corrected chi connectivity index (χ1v) is 5.41. The summed E-state index contributed by atoms with van der Waals surface area (Å²) in [4.78, 5) is 12.1. The van der Waals surface area contributed by atoms with Crippen molar-refractivity contribution >= 4 is 17.4 Å². The highest BCUT2D eigenvalue weighted by Crippen LogP contribution is 2.26. The van der Waals surface area contributed by atoms with Gasteiger partial charge in [0.05, 0.1) is 0 Å². The lowest BCUT2D eigenvalue weighted by atomic mass is 9.80. The van der Waals surface area contributed by atoms with Crippen LogP contribution >= 0.6 is 11.6 Å². The van der Waals surface area contributed by atoms with Crippen LogP contribution in [0.2, 0.25) is 5.02 Å². The van der Waals surface area contributed by atoms with E-state index in [-0.39, 0.29) is 5.78 Å². The predicted octanol–water partition coefficient (Wildman–Crippen LogP) is 2.90. The third-order valence-corrected chi connectivity index (χ3v) is 3.10. The average Bonchev–Trinajstić information content (AvgIpc) is 2.27. The molecule has 0 saturated carbocycles. The molecular weight excluding hydrogens is 210 g/mol. The predicted molar refractivity (Wildman–Crippen MR) is 63.2 cm³/mol. The maximum atomic E-state index is 12.1. The fraction of sp³-hybridized carbons (Fsp3) is 0.417. The molecule has 82 valence electrons. The largest absolute Gasteiger partial charge is 0.329 e. The van der Waals surface area contributed by atoms with Crippen molar-refractivity contribution in [2.45, 2.75) is 20.3 Å². The van der Waals surface area contributed by atoms with Crippen LogP contribution < -0.4 is 5.73 Å². The normalized spacial score (nSPS) is 14.7. The lowest BCUT2D eigenvalue weighted by Gasteiger charge is -2.24. The van der Waals surface area contributed by atoms with E-state index >= 15 is 0 Å². The van der Waals surface area contributed by atoms with Gasteiger partial charge in [-0.3, -0.25) is 4.79 Å². The monoisotopic (exact) mass is 225 g/mol. The Bertz CT molecular complexity index is 358. The van der Waals surface area contributed by atoms with Gasteiger partial charge in [0.25, 0.3) is 0 Å². The van der Waals surface area contributed by atoms with Gasteiger partial charge >= 0.3 is 0 Å². The SMILES string of the molecule is CCC(C)(CN)C(=O)c1cccc(Cl)c1. The van der Waals surface area contributed by atoms with E-state index in [0.29, 0.717) is 17.1 Å². The number of halogens is 1. The molecule has 0 radical (unpaired) electrons. The Balaban J connectivity index is 3.03. The molecule has 0 aliphatic carbocycles. The molecule has 0 amide bonds. The molecule has 1 atom stereocenters. The molecule has 0 bridgehead atoms. The van der Waals surface area contributed by atoms with Crippen LogP contribution in [-0.4, -0.2) is 12.3 Å². The maximum Gasteiger partial charge on any atom is 0.170 e. The molecule has 0 aliphatic heterocycles. The molecule has 3 heteroatoms. The first-order valence-electron chi connectivity index (χ1n) is 5.04. The van der Waals surface area contributed by atoms with Gasteiger partial charge in [-0.05, 0) is 18.6 Å². The molecule has 2 nitrogen and oxygen atoms in total. The summed E-state index contributed by atoms with van der Waals surface area (Å²) in [6.07, 6.45) is 0.731. The highest BCUT2D eigenvalue weighted by Gasteiger charge is 2.30. The van der Waals surface area contributed by atoms with E-state index in [1.807, 2.05) is 13.8 Å². The van der Waals surface area contributed by atoms with Gasteiger partial charge in [-0.2, -0.15) is 0 Å². The average molecular weight is 226 g/mol. The molecule has 0 saturated heterocycles. The maximum absolute atomic E-state index is 12.1. The summed E-state index contributed by atoms with van der Waals surface area (Å²) >= 11 is 5.84. The lowest BCUT2D eigenvalue weighted by Crippen LogP contribution is -2.35. The van der Waals surface area contributed by atoms with Crippen LogP contribution in [0, 0.1) is 5.41 Å². The van der Waals surface area contributed by atoms with Crippen LogP contribution in [0.15, 0.2) is 24.3 Å². The first kappa shape index (κ1) is 12.2. The van der Waals surface area contributed by atoms with Crippen molar-refractivity contribution in [1.82, 2.24) is 0 Å². The Kier molecular flexibility index (Phi) is 3.89. The van der Waals surface area contributed by atoms with Crippen LogP contribution in [0.25, 0.3) is 0 Å². The Morgan fingerprint density at radius 1 is 1.53 bits per heavy atom. The minimum atomic E-state index is -0.481. The molecule has 1 aromatic carbocycles. The summed E-state index contributed by atoms with van der Waals surface area (Å²) in [6, 6.07) is 7.00. The zero-order valence-electron chi connectivity index (χ0n) is 9.09. The number of benzene rings is 1. The summed E-state index contributed by atoms with van der Waals surface area (Å²) in [7, 11) is 0. The third kappa shape index (κ3) is 2.58. The minimum absolute atomic E-state index is 0.0648. The number of rotatable bonds is 4. The van der Waals surface area contributed by atoms with E-state index in [4.69, 9.17) is 17.3 Å². The lowest BCUT2D eigenvalue weighted by molar-refractivity contribution is 0.0820. The van der Waals surface area contributed by atoms with Crippen molar-refractivity contribution in [1.29, 1.82) is 0 Å². The summed E-state index contributed by atoms with van der Waals surface area (Å²) in [5, 5.41) is 0.580. The molecule has 15 heavy (non-hydrogen) atoms. The van der Waals surface area contributed by atoms with E-state index in [0.717, 1.165) is 6.42 Å². The topological polar surface area (TPSA) is 43.1 Å². The fourth-order valence-electron chi connectivity index (χ4n) is 1.38. The van der Waals surface area contributed by atoms with E-state index in [1.54, 1.807) is 24.3 Å². The van der Waals surface area contributed by atoms with Crippen LogP contribution in [-0.2, 0) is 0 Å². The molecule has 0 fully saturated rings. The summed E-state index contributed by atoms with van der Waals surface area (Å²) in [6.45, 7) is 4.21. The van der Waals surface area contributed by atoms with Crippen molar-refractivity contribution in [3.8, 4) is 0 Å². The molecule has 0 heterocycles. The second-order valence-corrected chi connectivity index (χ2v) is 4.39. The van der Waals surface area contributed by atoms with Gasteiger partial charge in [-0.25, -0.2) is 0 Å². The summed E-state index contributed by atoms with van der Waals surface area (Å²) in [5.74, 6) is 0.0648. The zero-order valence-corrected chi connectivity index (χ0v) is 9.84. The van der Waals surface area contributed by atoms with Gasteiger partial charge in [-0.1, -0.05) is 37.6 Å². The van der Waals surface area contributed by atoms with Crippen LogP contribution in [0.3, 0.4) is 0 Å². The van der Waals surface area contributed by atoms with Crippen LogP contribution in [0.4, 0.5) is 0 Å². The van der Waals surface area contributed by atoms with Gasteiger partial charge in [0.1, 0.15) is 0 Å². The number of hydrogen-bond donors (Lipinski definition) is 1. The van der Waals surface area contributed by atoms with E-state index < -0.39 is 5.41 Å². The Morgan fingerprint density at radius 2 is 2.20 bits per heavy atom. The number of ketones is 1. The molecule has 0 spiro atoms. The number of nitrogens with two attached hydrogens (primary N) is 1. The molecule has 1 rings (SSSR count). The Morgan fingerprint density at radius 3 is 2.67 bits per heavy atom. The van der Waals surface area contributed by atoms with Gasteiger partial charge in [0.15, 0.2) is 5.78 Å². The van der Waals surface area contributed by atoms with E-state index in [2.05, 4.69) is 0 Å². The van der Waals surface area contributed by atoms with Gasteiger partial charge in [0.2, 0.25) is 0 Å². The van der Waals surface area contributed by atoms with E-state index in [1.165, 1.54) is 0 Å². The molecule has 0 aliphatic rings. The number of carbonyl (C=O) groups excluding carboxylic acids is 1. The van der Waals surface area contributed by atoms with E-state index in [9.17, 15) is 4.79 Å². The van der Waals surface area contributed by atoms with Crippen molar-refractivity contribution in [2.24, 2.45) is 11.1 Å². The van der Waals surface area contributed by atoms with Crippen molar-refractivity contribution in [3.63, 3.8) is 0 Å². The number of hydrogen-bond acceptors (Lipinski definition) is 2. The standard InChI is InChI=1S/C12H16ClNO/c1-3-12(2,8-14)11(15)9-5-4-6-10(13)7-9/h4-7H,3,8,14H2,1-2H3. The van der Waals surface area contributed by atoms with Gasteiger partial charge < -0.3 is 5.73 Å². The summed E-state index contributed by atoms with van der Waals surface area (Å²) < 4.78 is 0. The summed E-state index contributed by atoms with van der Waals surface area (Å²) in [5.41, 5.74) is 5.79. The number of carbonyl (C=O) groups is 1. The van der Waals surface area contributed by atoms with Gasteiger partial charge in [0, 0.05) is 22.5 Å². The molecule has 0 aromatic heterocycles. The second-order valence-electron chi connectivity index (χ2n) is 3.96. The third-order valence-electron chi connectivity index (χ3n) is 2.87. The van der Waals surface area contributed by atoms with Gasteiger partial charge in [-0.15, -0.1) is 0 Å². The molecule has 2 N–H and O–H groups in total. The first-order chi connectivity index (χ1) is 7.03. The minimum Gasteiger partial charge on any atom is -0.329 e. The highest BCUT2D eigenvalue weighted by molar-refractivity contribution is 6.31. The Labute approximate surface area is 95.4 Å². The molecule has 1 aromatic rings. The Hall–Kier alpha value is -0.860. The van der Waals surface area contributed by atoms with Crippen LogP contribution in [0.5, 0.6) is 0 Å². The highest BCUT2D eigenvalue weighted by atomic mass is 35.5. The molecular formula is C12H16ClNO.